The zero-order chi connectivity index (χ0) is 24.2. The van der Waals surface area contributed by atoms with Gasteiger partial charge in [0.05, 0.1) is 12.8 Å². The van der Waals surface area contributed by atoms with Crippen LogP contribution in [0.5, 0.6) is 11.5 Å². The second-order valence-electron chi connectivity index (χ2n) is 8.45. The molecular formula is C29H25ClN2O3. The SMILES string of the molecule is Cn1cc([C@H](CC(=O)NCc2ccco2)c2cccc(Oc3ccc(Cl)cc3)c2)c2ccccc21. The van der Waals surface area contributed by atoms with Crippen LogP contribution in [0.3, 0.4) is 0 Å². The van der Waals surface area contributed by atoms with Gasteiger partial charge < -0.3 is 19.0 Å². The zero-order valence-corrected chi connectivity index (χ0v) is 20.0. The Morgan fingerprint density at radius 1 is 1.00 bits per heavy atom. The van der Waals surface area contributed by atoms with E-state index in [9.17, 15) is 4.79 Å². The lowest BCUT2D eigenvalue weighted by Crippen LogP contribution is -2.24. The van der Waals surface area contributed by atoms with E-state index in [4.69, 9.17) is 20.8 Å². The fourth-order valence-electron chi connectivity index (χ4n) is 4.35. The summed E-state index contributed by atoms with van der Waals surface area (Å²) in [6.07, 6.45) is 4.01. The molecule has 0 radical (unpaired) electrons. The second kappa shape index (κ2) is 10.1. The summed E-state index contributed by atoms with van der Waals surface area (Å²) in [5.41, 5.74) is 3.22. The van der Waals surface area contributed by atoms with Crippen molar-refractivity contribution >= 4 is 28.4 Å². The van der Waals surface area contributed by atoms with E-state index >= 15 is 0 Å². The lowest BCUT2D eigenvalue weighted by atomic mass is 9.88. The Morgan fingerprint density at radius 3 is 2.63 bits per heavy atom. The van der Waals surface area contributed by atoms with Gasteiger partial charge in [-0.1, -0.05) is 41.9 Å². The molecule has 0 aliphatic heterocycles. The number of hydrogen-bond acceptors (Lipinski definition) is 3. The van der Waals surface area contributed by atoms with Gasteiger partial charge in [0, 0.05) is 41.5 Å². The molecule has 0 aliphatic carbocycles. The average molecular weight is 485 g/mol. The fourth-order valence-corrected chi connectivity index (χ4v) is 4.47. The van der Waals surface area contributed by atoms with Crippen molar-refractivity contribution in [1.82, 2.24) is 9.88 Å². The van der Waals surface area contributed by atoms with Gasteiger partial charge in [-0.05, 0) is 65.7 Å². The smallest absolute Gasteiger partial charge is 0.221 e. The summed E-state index contributed by atoms with van der Waals surface area (Å²) in [5.74, 6) is 1.91. The highest BCUT2D eigenvalue weighted by molar-refractivity contribution is 6.30. The van der Waals surface area contributed by atoms with Crippen molar-refractivity contribution in [2.75, 3.05) is 0 Å². The van der Waals surface area contributed by atoms with Crippen LogP contribution in [0.25, 0.3) is 10.9 Å². The molecule has 5 nitrogen and oxygen atoms in total. The van der Waals surface area contributed by atoms with Gasteiger partial charge in [-0.3, -0.25) is 4.79 Å². The molecule has 0 spiro atoms. The number of carbonyl (C=O) groups excluding carboxylic acids is 1. The van der Waals surface area contributed by atoms with Crippen molar-refractivity contribution < 1.29 is 13.9 Å². The third kappa shape index (κ3) is 5.26. The first-order valence-electron chi connectivity index (χ1n) is 11.4. The molecule has 0 unspecified atom stereocenters. The third-order valence-corrected chi connectivity index (χ3v) is 6.29. The summed E-state index contributed by atoms with van der Waals surface area (Å²) in [4.78, 5) is 13.0. The molecule has 6 heteroatoms. The average Bonchev–Trinajstić information content (AvgIpc) is 3.51. The van der Waals surface area contributed by atoms with E-state index in [1.807, 2.05) is 67.7 Å². The van der Waals surface area contributed by atoms with Crippen molar-refractivity contribution in [2.45, 2.75) is 18.9 Å². The Labute approximate surface area is 208 Å². The molecule has 5 rings (SSSR count). The van der Waals surface area contributed by atoms with Crippen LogP contribution in [-0.4, -0.2) is 10.5 Å². The minimum atomic E-state index is -0.161. The summed E-state index contributed by atoms with van der Waals surface area (Å²) in [7, 11) is 2.03. The number of amides is 1. The van der Waals surface area contributed by atoms with Crippen LogP contribution in [0.4, 0.5) is 0 Å². The molecule has 2 aromatic heterocycles. The Kier molecular flexibility index (Phi) is 6.59. The van der Waals surface area contributed by atoms with Gasteiger partial charge in [-0.2, -0.15) is 0 Å². The Bertz CT molecular complexity index is 1440. The van der Waals surface area contributed by atoms with Gasteiger partial charge in [0.1, 0.15) is 17.3 Å². The van der Waals surface area contributed by atoms with E-state index in [0.717, 1.165) is 27.8 Å². The first kappa shape index (κ1) is 22.8. The standard InChI is InChI=1S/C29H25ClN2O3/c1-32-19-27(25-9-2-3-10-28(25)32)26(17-29(33)31-18-24-8-5-15-34-24)20-6-4-7-23(16-20)35-22-13-11-21(30)12-14-22/h2-16,19,26H,17-18H2,1H3,(H,31,33)/t26-/m1/s1. The molecule has 0 bridgehead atoms. The quantitative estimate of drug-likeness (QED) is 0.256. The number of halogens is 1. The molecule has 3 aromatic carbocycles. The first-order chi connectivity index (χ1) is 17.1. The van der Waals surface area contributed by atoms with Crippen LogP contribution in [0, 0.1) is 0 Å². The van der Waals surface area contributed by atoms with Gasteiger partial charge in [0.25, 0.3) is 0 Å². The number of rotatable bonds is 8. The van der Waals surface area contributed by atoms with Crippen LogP contribution < -0.4 is 10.1 Å². The van der Waals surface area contributed by atoms with E-state index in [1.165, 1.54) is 0 Å². The van der Waals surface area contributed by atoms with Gasteiger partial charge in [-0.25, -0.2) is 0 Å². The van der Waals surface area contributed by atoms with Gasteiger partial charge in [0.15, 0.2) is 0 Å². The van der Waals surface area contributed by atoms with Crippen molar-refractivity contribution in [3.63, 3.8) is 0 Å². The van der Waals surface area contributed by atoms with E-state index in [-0.39, 0.29) is 11.8 Å². The van der Waals surface area contributed by atoms with Gasteiger partial charge >= 0.3 is 0 Å². The molecule has 5 aromatic rings. The number of aromatic nitrogens is 1. The molecular weight excluding hydrogens is 460 g/mol. The molecule has 176 valence electrons. The van der Waals surface area contributed by atoms with Crippen molar-refractivity contribution in [2.24, 2.45) is 7.05 Å². The molecule has 0 saturated heterocycles. The normalized spacial score (nSPS) is 11.9. The molecule has 0 fully saturated rings. The number of aryl methyl sites for hydroxylation is 1. The van der Waals surface area contributed by atoms with Gasteiger partial charge in [-0.15, -0.1) is 0 Å². The van der Waals surface area contributed by atoms with Crippen molar-refractivity contribution in [3.8, 4) is 11.5 Å². The highest BCUT2D eigenvalue weighted by atomic mass is 35.5. The lowest BCUT2D eigenvalue weighted by Gasteiger charge is -2.18. The van der Waals surface area contributed by atoms with Crippen LogP contribution in [-0.2, 0) is 18.4 Å². The fraction of sp³-hybridized carbons (Fsp3) is 0.138. The number of nitrogens with zero attached hydrogens (tertiary/aromatic N) is 1. The number of carbonyl (C=O) groups is 1. The summed E-state index contributed by atoms with van der Waals surface area (Å²) in [6, 6.07) is 27.1. The topological polar surface area (TPSA) is 56.4 Å². The van der Waals surface area contributed by atoms with E-state index in [1.54, 1.807) is 18.4 Å². The maximum atomic E-state index is 13.0. The summed E-state index contributed by atoms with van der Waals surface area (Å²) >= 11 is 6.00. The minimum absolute atomic E-state index is 0.0524. The number of furan rings is 1. The van der Waals surface area contributed by atoms with E-state index in [0.29, 0.717) is 29.5 Å². The number of fused-ring (bicyclic) bond motifs is 1. The molecule has 35 heavy (non-hydrogen) atoms. The Hall–Kier alpha value is -3.96. The first-order valence-corrected chi connectivity index (χ1v) is 11.8. The maximum Gasteiger partial charge on any atom is 0.221 e. The van der Waals surface area contributed by atoms with Gasteiger partial charge in [0.2, 0.25) is 5.91 Å². The molecule has 0 saturated carbocycles. The van der Waals surface area contributed by atoms with Crippen LogP contribution in [0.2, 0.25) is 5.02 Å². The zero-order valence-electron chi connectivity index (χ0n) is 19.3. The largest absolute Gasteiger partial charge is 0.467 e. The molecule has 1 amide bonds. The van der Waals surface area contributed by atoms with E-state index in [2.05, 4.69) is 28.2 Å². The number of hydrogen-bond donors (Lipinski definition) is 1. The molecule has 0 aliphatic rings. The second-order valence-corrected chi connectivity index (χ2v) is 8.89. The van der Waals surface area contributed by atoms with Crippen molar-refractivity contribution in [1.29, 1.82) is 0 Å². The van der Waals surface area contributed by atoms with Crippen molar-refractivity contribution in [3.05, 3.63) is 119 Å². The maximum absolute atomic E-state index is 13.0. The van der Waals surface area contributed by atoms with Crippen LogP contribution in [0.1, 0.15) is 29.2 Å². The Balaban J connectivity index is 1.47. The highest BCUT2D eigenvalue weighted by Crippen LogP contribution is 2.36. The molecule has 1 atom stereocenters. The predicted octanol–water partition coefficient (Wildman–Crippen LogP) is 7.06. The molecule has 1 N–H and O–H groups in total. The van der Waals surface area contributed by atoms with Crippen LogP contribution in [0.15, 0.2) is 102 Å². The highest BCUT2D eigenvalue weighted by Gasteiger charge is 2.23. The van der Waals surface area contributed by atoms with Crippen LogP contribution >= 0.6 is 11.6 Å². The van der Waals surface area contributed by atoms with E-state index < -0.39 is 0 Å². The minimum Gasteiger partial charge on any atom is -0.467 e. The summed E-state index contributed by atoms with van der Waals surface area (Å²) < 4.78 is 13.5. The number of benzene rings is 3. The predicted molar refractivity (Wildman–Crippen MR) is 138 cm³/mol. The summed E-state index contributed by atoms with van der Waals surface area (Å²) in [5, 5.41) is 4.77. The number of nitrogens with one attached hydrogen (secondary N) is 1. The number of para-hydroxylation sites is 1. The Morgan fingerprint density at radius 2 is 1.83 bits per heavy atom. The number of ether oxygens (including phenoxy) is 1. The monoisotopic (exact) mass is 484 g/mol. The lowest BCUT2D eigenvalue weighted by molar-refractivity contribution is -0.121. The molecule has 2 heterocycles. The third-order valence-electron chi connectivity index (χ3n) is 6.04. The summed E-state index contributed by atoms with van der Waals surface area (Å²) in [6.45, 7) is 0.355.